The van der Waals surface area contributed by atoms with E-state index in [0.29, 0.717) is 49.0 Å². The second-order valence-corrected chi connectivity index (χ2v) is 8.62. The third-order valence-corrected chi connectivity index (χ3v) is 5.46. The molecule has 3 aromatic rings. The molecule has 34 heavy (non-hydrogen) atoms. The third kappa shape index (κ3) is 5.76. The minimum atomic E-state index is -0.157. The van der Waals surface area contributed by atoms with Gasteiger partial charge in [-0.15, -0.1) is 0 Å². The van der Waals surface area contributed by atoms with Crippen LogP contribution in [0.4, 0.5) is 17.6 Å². The van der Waals surface area contributed by atoms with Crippen molar-refractivity contribution in [2.75, 3.05) is 44.4 Å². The Morgan fingerprint density at radius 2 is 2.12 bits per heavy atom. The highest BCUT2D eigenvalue weighted by molar-refractivity contribution is 5.99. The fraction of sp³-hybridized carbons (Fsp3) is 0.455. The molecule has 1 aliphatic carbocycles. The number of H-pyrrole nitrogens is 1. The molecule has 0 radical (unpaired) electrons. The van der Waals surface area contributed by atoms with Gasteiger partial charge in [0.15, 0.2) is 11.9 Å². The number of rotatable bonds is 11. The summed E-state index contributed by atoms with van der Waals surface area (Å²) in [4.78, 5) is 24.9. The van der Waals surface area contributed by atoms with Crippen molar-refractivity contribution in [1.82, 2.24) is 35.0 Å². The summed E-state index contributed by atoms with van der Waals surface area (Å²) in [5.74, 6) is 2.81. The maximum Gasteiger partial charge on any atom is 0.228 e. The number of aromatic nitrogens is 6. The number of hydrogen-bond acceptors (Lipinski definition) is 11. The molecule has 1 atom stereocenters. The van der Waals surface area contributed by atoms with Crippen LogP contribution in [0.25, 0.3) is 0 Å². The van der Waals surface area contributed by atoms with E-state index in [1.165, 1.54) is 19.2 Å². The molecule has 3 aromatic heterocycles. The lowest BCUT2D eigenvalue weighted by Crippen LogP contribution is -2.22. The summed E-state index contributed by atoms with van der Waals surface area (Å²) in [6, 6.07) is 5.61. The fourth-order valence-electron chi connectivity index (χ4n) is 3.47. The maximum atomic E-state index is 5.87. The van der Waals surface area contributed by atoms with Crippen LogP contribution in [-0.2, 0) is 4.84 Å². The Labute approximate surface area is 197 Å². The molecule has 0 aromatic carbocycles. The SMILES string of the molecule is CN(C)CCOc1cc(Nc2cc(C3CC3)[nH]n2)nc(NCC2CC(c3ccncn3)=NO2)n1. The number of aromatic amines is 1. The monoisotopic (exact) mass is 464 g/mol. The van der Waals surface area contributed by atoms with Crippen LogP contribution in [0.2, 0.25) is 0 Å². The van der Waals surface area contributed by atoms with Gasteiger partial charge in [0.05, 0.1) is 12.2 Å². The molecule has 1 fully saturated rings. The van der Waals surface area contributed by atoms with Crippen molar-refractivity contribution >= 4 is 23.3 Å². The lowest BCUT2D eigenvalue weighted by atomic mass is 10.1. The number of anilines is 3. The van der Waals surface area contributed by atoms with Crippen LogP contribution in [0.1, 0.15) is 36.6 Å². The average molecular weight is 465 g/mol. The number of ether oxygens (including phenoxy) is 1. The minimum absolute atomic E-state index is 0.157. The van der Waals surface area contributed by atoms with E-state index in [-0.39, 0.29) is 6.10 Å². The van der Waals surface area contributed by atoms with Crippen LogP contribution >= 0.6 is 0 Å². The number of hydrogen-bond donors (Lipinski definition) is 3. The van der Waals surface area contributed by atoms with Crippen LogP contribution < -0.4 is 15.4 Å². The zero-order chi connectivity index (χ0) is 23.3. The van der Waals surface area contributed by atoms with Gasteiger partial charge in [-0.2, -0.15) is 15.1 Å². The smallest absolute Gasteiger partial charge is 0.228 e. The van der Waals surface area contributed by atoms with Crippen LogP contribution in [0.3, 0.4) is 0 Å². The Morgan fingerprint density at radius 3 is 2.91 bits per heavy atom. The topological polar surface area (TPSA) is 138 Å². The van der Waals surface area contributed by atoms with E-state index in [0.717, 1.165) is 23.6 Å². The van der Waals surface area contributed by atoms with E-state index in [9.17, 15) is 0 Å². The number of likely N-dealkylation sites (N-methyl/N-ethyl adjacent to an activating group) is 1. The highest BCUT2D eigenvalue weighted by Crippen LogP contribution is 2.39. The summed E-state index contributed by atoms with van der Waals surface area (Å²) in [5.41, 5.74) is 2.71. The molecule has 1 unspecified atom stereocenters. The van der Waals surface area contributed by atoms with Gasteiger partial charge in [0, 0.05) is 42.9 Å². The zero-order valence-electron chi connectivity index (χ0n) is 19.2. The molecule has 2 aliphatic rings. The van der Waals surface area contributed by atoms with E-state index in [4.69, 9.17) is 9.57 Å². The summed E-state index contributed by atoms with van der Waals surface area (Å²) < 4.78 is 5.87. The van der Waals surface area contributed by atoms with E-state index >= 15 is 0 Å². The van der Waals surface area contributed by atoms with Gasteiger partial charge in [0.25, 0.3) is 0 Å². The van der Waals surface area contributed by atoms with E-state index in [1.807, 2.05) is 26.2 Å². The summed E-state index contributed by atoms with van der Waals surface area (Å²) in [6.07, 6.45) is 6.08. The Balaban J connectivity index is 1.23. The second kappa shape index (κ2) is 10.00. The summed E-state index contributed by atoms with van der Waals surface area (Å²) in [5, 5.41) is 18.1. The predicted octanol–water partition coefficient (Wildman–Crippen LogP) is 2.16. The first kappa shape index (κ1) is 22.0. The molecule has 0 amide bonds. The Bertz CT molecular complexity index is 1130. The summed E-state index contributed by atoms with van der Waals surface area (Å²) >= 11 is 0. The number of nitrogens with zero attached hydrogens (tertiary/aromatic N) is 7. The summed E-state index contributed by atoms with van der Waals surface area (Å²) in [7, 11) is 4.00. The van der Waals surface area contributed by atoms with Crippen molar-refractivity contribution in [1.29, 1.82) is 0 Å². The normalized spacial score (nSPS) is 17.4. The van der Waals surface area contributed by atoms with Crippen LogP contribution in [0, 0.1) is 0 Å². The third-order valence-electron chi connectivity index (χ3n) is 5.46. The first-order valence-electron chi connectivity index (χ1n) is 11.3. The standard InChI is InChI=1S/C22H28N10O2/c1-32(2)7-8-33-21-11-19(26-20-10-17(29-30-20)14-3-4-14)27-22(28-21)24-12-15-9-18(31-34-15)16-5-6-23-13-25-16/h5-6,10-11,13-15H,3-4,7-9,12H2,1-2H3,(H3,24,26,27,28,29,30). The van der Waals surface area contributed by atoms with Crippen LogP contribution in [0.5, 0.6) is 5.88 Å². The molecular weight excluding hydrogens is 436 g/mol. The maximum absolute atomic E-state index is 5.87. The average Bonchev–Trinajstić information content (AvgIpc) is 3.39. The minimum Gasteiger partial charge on any atom is -0.476 e. The lowest BCUT2D eigenvalue weighted by Gasteiger charge is -2.14. The van der Waals surface area contributed by atoms with E-state index in [2.05, 4.69) is 50.8 Å². The van der Waals surface area contributed by atoms with Gasteiger partial charge in [-0.25, -0.2) is 9.97 Å². The Kier molecular flexibility index (Phi) is 6.47. The van der Waals surface area contributed by atoms with Gasteiger partial charge < -0.3 is 25.1 Å². The zero-order valence-corrected chi connectivity index (χ0v) is 19.2. The molecule has 4 heterocycles. The van der Waals surface area contributed by atoms with Gasteiger partial charge >= 0.3 is 0 Å². The first-order chi connectivity index (χ1) is 16.6. The van der Waals surface area contributed by atoms with Crippen molar-refractivity contribution in [3.8, 4) is 5.88 Å². The predicted molar refractivity (Wildman–Crippen MR) is 126 cm³/mol. The molecule has 12 heteroatoms. The van der Waals surface area contributed by atoms with Crippen molar-refractivity contribution in [3.63, 3.8) is 0 Å². The molecule has 1 saturated carbocycles. The molecule has 1 aliphatic heterocycles. The molecular formula is C22H28N10O2. The van der Waals surface area contributed by atoms with Gasteiger partial charge in [-0.1, -0.05) is 5.16 Å². The fourth-order valence-corrected chi connectivity index (χ4v) is 3.47. The molecule has 0 spiro atoms. The Hall–Kier alpha value is -3.80. The Morgan fingerprint density at radius 1 is 1.21 bits per heavy atom. The van der Waals surface area contributed by atoms with Crippen molar-refractivity contribution in [2.24, 2.45) is 5.16 Å². The van der Waals surface area contributed by atoms with Gasteiger partial charge in [-0.05, 0) is 33.0 Å². The molecule has 5 rings (SSSR count). The van der Waals surface area contributed by atoms with E-state index < -0.39 is 0 Å². The highest BCUT2D eigenvalue weighted by atomic mass is 16.6. The second-order valence-electron chi connectivity index (χ2n) is 8.62. The number of oxime groups is 1. The molecule has 3 N–H and O–H groups in total. The number of nitrogens with one attached hydrogen (secondary N) is 3. The largest absolute Gasteiger partial charge is 0.476 e. The van der Waals surface area contributed by atoms with Crippen molar-refractivity contribution in [2.45, 2.75) is 31.3 Å². The van der Waals surface area contributed by atoms with Crippen LogP contribution in [0.15, 0.2) is 35.9 Å². The van der Waals surface area contributed by atoms with Crippen molar-refractivity contribution in [3.05, 3.63) is 42.1 Å². The molecule has 0 saturated heterocycles. The molecule has 178 valence electrons. The van der Waals surface area contributed by atoms with Gasteiger partial charge in [0.2, 0.25) is 11.8 Å². The molecule has 12 nitrogen and oxygen atoms in total. The van der Waals surface area contributed by atoms with Gasteiger partial charge in [0.1, 0.15) is 24.5 Å². The summed E-state index contributed by atoms with van der Waals surface area (Å²) in [6.45, 7) is 1.77. The molecule has 0 bridgehead atoms. The van der Waals surface area contributed by atoms with E-state index in [1.54, 1.807) is 12.3 Å². The first-order valence-corrected chi connectivity index (χ1v) is 11.3. The van der Waals surface area contributed by atoms with Crippen molar-refractivity contribution < 1.29 is 9.57 Å². The van der Waals surface area contributed by atoms with Crippen LogP contribution in [-0.4, -0.2) is 80.6 Å². The highest BCUT2D eigenvalue weighted by Gasteiger charge is 2.26. The quantitative estimate of drug-likeness (QED) is 0.387. The lowest BCUT2D eigenvalue weighted by molar-refractivity contribution is 0.0948. The van der Waals surface area contributed by atoms with Gasteiger partial charge in [-0.3, -0.25) is 5.10 Å².